The van der Waals surface area contributed by atoms with Crippen LogP contribution in [0.3, 0.4) is 0 Å². The van der Waals surface area contributed by atoms with E-state index in [1.807, 2.05) is 55.5 Å². The topological polar surface area (TPSA) is 91.7 Å². The Bertz CT molecular complexity index is 1330. The number of hydrogen-bond donors (Lipinski definition) is 1. The third-order valence-electron chi connectivity index (χ3n) is 5.38. The predicted molar refractivity (Wildman–Crippen MR) is 135 cm³/mol. The van der Waals surface area contributed by atoms with E-state index >= 15 is 0 Å². The Labute approximate surface area is 209 Å². The van der Waals surface area contributed by atoms with Crippen LogP contribution >= 0.6 is 0 Å². The van der Waals surface area contributed by atoms with Gasteiger partial charge in [-0.1, -0.05) is 30.3 Å². The Morgan fingerprint density at radius 2 is 1.69 bits per heavy atom. The molecule has 184 valence electrons. The van der Waals surface area contributed by atoms with Gasteiger partial charge in [-0.25, -0.2) is 4.79 Å². The van der Waals surface area contributed by atoms with E-state index < -0.39 is 5.97 Å². The molecule has 8 heteroatoms. The Morgan fingerprint density at radius 3 is 2.44 bits per heavy atom. The summed E-state index contributed by atoms with van der Waals surface area (Å²) in [4.78, 5) is 24.8. The van der Waals surface area contributed by atoms with Gasteiger partial charge in [0.15, 0.2) is 0 Å². The van der Waals surface area contributed by atoms with E-state index in [0.29, 0.717) is 36.6 Å². The zero-order valence-corrected chi connectivity index (χ0v) is 20.1. The van der Waals surface area contributed by atoms with Crippen LogP contribution in [0.2, 0.25) is 0 Å². The van der Waals surface area contributed by atoms with Gasteiger partial charge < -0.3 is 19.5 Å². The first-order valence-corrected chi connectivity index (χ1v) is 11.5. The molecule has 36 heavy (non-hydrogen) atoms. The predicted octanol–water partition coefficient (Wildman–Crippen LogP) is 4.95. The normalized spacial score (nSPS) is 10.5. The quantitative estimate of drug-likeness (QED) is 0.320. The number of carbonyl (C=O) groups excluding carboxylic acids is 2. The third-order valence-corrected chi connectivity index (χ3v) is 5.38. The molecule has 0 fully saturated rings. The molecule has 0 radical (unpaired) electrons. The summed E-state index contributed by atoms with van der Waals surface area (Å²) in [5.74, 6) is 0.846. The van der Waals surface area contributed by atoms with Crippen molar-refractivity contribution in [3.8, 4) is 11.5 Å². The molecule has 4 aromatic rings. The molecule has 0 atom stereocenters. The molecular weight excluding hydrogens is 458 g/mol. The molecule has 1 N–H and O–H groups in total. The molecule has 3 aromatic carbocycles. The zero-order chi connectivity index (χ0) is 25.3. The molecule has 0 saturated carbocycles. The van der Waals surface area contributed by atoms with Crippen molar-refractivity contribution in [2.24, 2.45) is 0 Å². The highest BCUT2D eigenvalue weighted by Gasteiger charge is 2.13. The van der Waals surface area contributed by atoms with Crippen LogP contribution in [0.25, 0.3) is 0 Å². The fourth-order valence-electron chi connectivity index (χ4n) is 3.63. The number of hydrogen-bond acceptors (Lipinski definition) is 6. The second kappa shape index (κ2) is 11.7. The highest BCUT2D eigenvalue weighted by atomic mass is 16.5. The lowest BCUT2D eigenvalue weighted by Gasteiger charge is -2.09. The zero-order valence-electron chi connectivity index (χ0n) is 20.1. The van der Waals surface area contributed by atoms with Crippen LogP contribution in [-0.2, 0) is 17.9 Å². The first kappa shape index (κ1) is 24.5. The first-order chi connectivity index (χ1) is 17.6. The van der Waals surface area contributed by atoms with E-state index in [0.717, 1.165) is 22.6 Å². The van der Waals surface area contributed by atoms with Gasteiger partial charge in [0.2, 0.25) is 0 Å². The minimum absolute atomic E-state index is 0.257. The van der Waals surface area contributed by atoms with Gasteiger partial charge >= 0.3 is 5.97 Å². The molecule has 0 aliphatic heterocycles. The standard InChI is InChI=1S/C28H27N3O5/c1-3-35-24-11-13-25(14-12-24)36-19-20-7-6-9-21(15-20)27(32)30-23-16-29-31(18-23)17-22-8-4-5-10-26(22)28(33)34-2/h4-16,18H,3,17,19H2,1-2H3,(H,30,32). The maximum absolute atomic E-state index is 12.8. The summed E-state index contributed by atoms with van der Waals surface area (Å²) in [6.07, 6.45) is 3.28. The van der Waals surface area contributed by atoms with Gasteiger partial charge in [0.25, 0.3) is 5.91 Å². The lowest BCUT2D eigenvalue weighted by molar-refractivity contribution is 0.0599. The van der Waals surface area contributed by atoms with Crippen LogP contribution in [-0.4, -0.2) is 35.4 Å². The fourth-order valence-corrected chi connectivity index (χ4v) is 3.63. The summed E-state index contributed by atoms with van der Waals surface area (Å²) >= 11 is 0. The number of nitrogens with zero attached hydrogens (tertiary/aromatic N) is 2. The molecule has 0 aliphatic carbocycles. The van der Waals surface area contributed by atoms with Crippen molar-refractivity contribution in [3.05, 3.63) is 107 Å². The highest BCUT2D eigenvalue weighted by Crippen LogP contribution is 2.19. The van der Waals surface area contributed by atoms with Crippen molar-refractivity contribution in [3.63, 3.8) is 0 Å². The molecule has 1 heterocycles. The van der Waals surface area contributed by atoms with Gasteiger partial charge in [-0.3, -0.25) is 9.48 Å². The van der Waals surface area contributed by atoms with Crippen molar-refractivity contribution in [2.45, 2.75) is 20.1 Å². The van der Waals surface area contributed by atoms with E-state index in [1.54, 1.807) is 41.3 Å². The number of anilines is 1. The van der Waals surface area contributed by atoms with Crippen molar-refractivity contribution in [2.75, 3.05) is 19.0 Å². The van der Waals surface area contributed by atoms with Crippen LogP contribution in [0.4, 0.5) is 5.69 Å². The second-order valence-electron chi connectivity index (χ2n) is 7.92. The number of rotatable bonds is 10. The van der Waals surface area contributed by atoms with Gasteiger partial charge in [0, 0.05) is 11.8 Å². The van der Waals surface area contributed by atoms with Gasteiger partial charge in [-0.05, 0) is 60.5 Å². The number of amides is 1. The summed E-state index contributed by atoms with van der Waals surface area (Å²) in [5.41, 5.74) is 3.17. The average molecular weight is 486 g/mol. The Balaban J connectivity index is 1.36. The van der Waals surface area contributed by atoms with E-state index in [1.165, 1.54) is 7.11 Å². The smallest absolute Gasteiger partial charge is 0.338 e. The summed E-state index contributed by atoms with van der Waals surface area (Å²) in [7, 11) is 1.35. The average Bonchev–Trinajstić information content (AvgIpc) is 3.35. The summed E-state index contributed by atoms with van der Waals surface area (Å²) in [6.45, 7) is 3.23. The number of aromatic nitrogens is 2. The van der Waals surface area contributed by atoms with Crippen LogP contribution < -0.4 is 14.8 Å². The van der Waals surface area contributed by atoms with Crippen molar-refractivity contribution in [1.29, 1.82) is 0 Å². The van der Waals surface area contributed by atoms with E-state index in [4.69, 9.17) is 14.2 Å². The molecule has 0 saturated heterocycles. The number of esters is 1. The lowest BCUT2D eigenvalue weighted by Crippen LogP contribution is -2.12. The summed E-state index contributed by atoms with van der Waals surface area (Å²) in [5, 5.41) is 7.17. The van der Waals surface area contributed by atoms with Crippen LogP contribution in [0.5, 0.6) is 11.5 Å². The third kappa shape index (κ3) is 6.29. The first-order valence-electron chi connectivity index (χ1n) is 11.5. The van der Waals surface area contributed by atoms with Crippen molar-refractivity contribution < 1.29 is 23.8 Å². The molecule has 1 aromatic heterocycles. The Hall–Kier alpha value is -4.59. The van der Waals surface area contributed by atoms with Crippen LogP contribution in [0.1, 0.15) is 38.8 Å². The van der Waals surface area contributed by atoms with E-state index in [-0.39, 0.29) is 5.91 Å². The molecule has 1 amide bonds. The molecule has 0 bridgehead atoms. The maximum atomic E-state index is 12.8. The maximum Gasteiger partial charge on any atom is 0.338 e. The van der Waals surface area contributed by atoms with Gasteiger partial charge in [0.05, 0.1) is 37.7 Å². The van der Waals surface area contributed by atoms with Gasteiger partial charge in [-0.2, -0.15) is 5.10 Å². The number of ether oxygens (including phenoxy) is 3. The van der Waals surface area contributed by atoms with Gasteiger partial charge in [0.1, 0.15) is 18.1 Å². The fraction of sp³-hybridized carbons (Fsp3) is 0.179. The molecule has 8 nitrogen and oxygen atoms in total. The lowest BCUT2D eigenvalue weighted by atomic mass is 10.1. The molecule has 0 spiro atoms. The monoisotopic (exact) mass is 485 g/mol. The minimum Gasteiger partial charge on any atom is -0.494 e. The number of methoxy groups -OCH3 is 1. The number of carbonyl (C=O) groups is 2. The number of benzene rings is 3. The minimum atomic E-state index is -0.405. The SMILES string of the molecule is CCOc1ccc(OCc2cccc(C(=O)Nc3cnn(Cc4ccccc4C(=O)OC)c3)c2)cc1. The highest BCUT2D eigenvalue weighted by molar-refractivity contribution is 6.04. The van der Waals surface area contributed by atoms with Gasteiger partial charge in [-0.15, -0.1) is 0 Å². The largest absolute Gasteiger partial charge is 0.494 e. The molecule has 0 aliphatic rings. The van der Waals surface area contributed by atoms with Crippen LogP contribution in [0.15, 0.2) is 85.2 Å². The van der Waals surface area contributed by atoms with E-state index in [9.17, 15) is 9.59 Å². The Morgan fingerprint density at radius 1 is 0.944 bits per heavy atom. The molecule has 0 unspecified atom stereocenters. The van der Waals surface area contributed by atoms with Crippen molar-refractivity contribution >= 4 is 17.6 Å². The molecule has 4 rings (SSSR count). The van der Waals surface area contributed by atoms with Crippen LogP contribution in [0, 0.1) is 0 Å². The Kier molecular flexibility index (Phi) is 7.97. The number of nitrogens with one attached hydrogen (secondary N) is 1. The van der Waals surface area contributed by atoms with Crippen molar-refractivity contribution in [1.82, 2.24) is 9.78 Å². The second-order valence-corrected chi connectivity index (χ2v) is 7.92. The van der Waals surface area contributed by atoms with E-state index in [2.05, 4.69) is 10.4 Å². The summed E-state index contributed by atoms with van der Waals surface area (Å²) < 4.78 is 17.8. The summed E-state index contributed by atoms with van der Waals surface area (Å²) in [6, 6.07) is 21.9. The molecular formula is C28H27N3O5.